The molecule has 3 heteroatoms. The summed E-state index contributed by atoms with van der Waals surface area (Å²) < 4.78 is 5.43. The Morgan fingerprint density at radius 1 is 1.73 bits per heavy atom. The topological polar surface area (TPSA) is 41.5 Å². The van der Waals surface area contributed by atoms with E-state index in [-0.39, 0.29) is 12.2 Å². The molecule has 0 aromatic rings. The maximum absolute atomic E-state index is 9.30. The first-order valence-corrected chi connectivity index (χ1v) is 4.33. The van der Waals surface area contributed by atoms with Crippen molar-refractivity contribution in [1.29, 1.82) is 0 Å². The Bertz CT molecular complexity index is 102. The van der Waals surface area contributed by atoms with Crippen LogP contribution in [0.5, 0.6) is 0 Å². The molecule has 1 fully saturated rings. The fourth-order valence-electron chi connectivity index (χ4n) is 1.24. The molecule has 1 aliphatic heterocycles. The Morgan fingerprint density at radius 2 is 2.55 bits per heavy atom. The van der Waals surface area contributed by atoms with Crippen molar-refractivity contribution >= 4 is 0 Å². The van der Waals surface area contributed by atoms with Gasteiger partial charge >= 0.3 is 0 Å². The fourth-order valence-corrected chi connectivity index (χ4v) is 1.24. The second-order valence-corrected chi connectivity index (χ2v) is 2.99. The smallest absolute Gasteiger partial charge is 0.0724 e. The summed E-state index contributed by atoms with van der Waals surface area (Å²) in [6.07, 6.45) is 1.61. The van der Waals surface area contributed by atoms with E-state index in [9.17, 15) is 5.11 Å². The second kappa shape index (κ2) is 4.70. The van der Waals surface area contributed by atoms with Crippen molar-refractivity contribution in [2.24, 2.45) is 0 Å². The molecule has 0 radical (unpaired) electrons. The van der Waals surface area contributed by atoms with Crippen LogP contribution in [0.3, 0.4) is 0 Å². The second-order valence-electron chi connectivity index (χ2n) is 2.99. The van der Waals surface area contributed by atoms with Crippen molar-refractivity contribution in [2.75, 3.05) is 19.7 Å². The Balaban J connectivity index is 2.13. The monoisotopic (exact) mass is 159 g/mol. The van der Waals surface area contributed by atoms with Gasteiger partial charge < -0.3 is 15.2 Å². The number of morpholine rings is 1. The first-order chi connectivity index (χ1) is 5.33. The molecule has 0 spiro atoms. The quantitative estimate of drug-likeness (QED) is 0.615. The van der Waals surface area contributed by atoms with Crippen molar-refractivity contribution in [3.8, 4) is 0 Å². The van der Waals surface area contributed by atoms with Crippen molar-refractivity contribution in [1.82, 2.24) is 5.32 Å². The van der Waals surface area contributed by atoms with Crippen LogP contribution in [0.15, 0.2) is 0 Å². The third-order valence-electron chi connectivity index (χ3n) is 2.01. The van der Waals surface area contributed by atoms with Gasteiger partial charge in [0.05, 0.1) is 18.8 Å². The van der Waals surface area contributed by atoms with Gasteiger partial charge in [-0.05, 0) is 6.42 Å². The molecule has 0 saturated carbocycles. The zero-order valence-electron chi connectivity index (χ0n) is 7.05. The van der Waals surface area contributed by atoms with Gasteiger partial charge in [0.25, 0.3) is 0 Å². The van der Waals surface area contributed by atoms with E-state index in [1.54, 1.807) is 0 Å². The Hall–Kier alpha value is -0.120. The largest absolute Gasteiger partial charge is 0.393 e. The van der Waals surface area contributed by atoms with E-state index in [2.05, 4.69) is 5.32 Å². The third-order valence-corrected chi connectivity index (χ3v) is 2.01. The molecule has 66 valence electrons. The lowest BCUT2D eigenvalue weighted by atomic mass is 10.1. The molecule has 2 N–H and O–H groups in total. The van der Waals surface area contributed by atoms with E-state index in [1.165, 1.54) is 0 Å². The van der Waals surface area contributed by atoms with E-state index in [0.29, 0.717) is 0 Å². The fraction of sp³-hybridized carbons (Fsp3) is 1.00. The molecule has 11 heavy (non-hydrogen) atoms. The van der Waals surface area contributed by atoms with Gasteiger partial charge in [0, 0.05) is 19.5 Å². The molecule has 1 saturated heterocycles. The molecule has 0 aromatic carbocycles. The number of ether oxygens (including phenoxy) is 1. The maximum Gasteiger partial charge on any atom is 0.0724 e. The lowest BCUT2D eigenvalue weighted by Gasteiger charge is -2.25. The third kappa shape index (κ3) is 3.18. The zero-order chi connectivity index (χ0) is 8.10. The van der Waals surface area contributed by atoms with Crippen LogP contribution >= 0.6 is 0 Å². The van der Waals surface area contributed by atoms with Gasteiger partial charge in [-0.15, -0.1) is 0 Å². The van der Waals surface area contributed by atoms with Crippen LogP contribution in [-0.2, 0) is 4.74 Å². The molecule has 2 atom stereocenters. The molecule has 0 amide bonds. The van der Waals surface area contributed by atoms with E-state index >= 15 is 0 Å². The highest BCUT2D eigenvalue weighted by Crippen LogP contribution is 2.06. The Kier molecular flexibility index (Phi) is 3.83. The van der Waals surface area contributed by atoms with Crippen LogP contribution in [0.4, 0.5) is 0 Å². The van der Waals surface area contributed by atoms with Gasteiger partial charge in [-0.1, -0.05) is 6.92 Å². The summed E-state index contributed by atoms with van der Waals surface area (Å²) in [5, 5.41) is 12.5. The highest BCUT2D eigenvalue weighted by atomic mass is 16.5. The van der Waals surface area contributed by atoms with E-state index in [1.807, 2.05) is 6.92 Å². The van der Waals surface area contributed by atoms with Gasteiger partial charge in [-0.3, -0.25) is 0 Å². The summed E-state index contributed by atoms with van der Waals surface area (Å²) in [6, 6.07) is 0. The van der Waals surface area contributed by atoms with Gasteiger partial charge in [-0.2, -0.15) is 0 Å². The molecule has 2 unspecified atom stereocenters. The van der Waals surface area contributed by atoms with Crippen LogP contribution in [0, 0.1) is 0 Å². The predicted octanol–water partition coefficient (Wildman–Crippen LogP) is 0.136. The SMILES string of the molecule is CCC(O)CC1CNCCO1. The Morgan fingerprint density at radius 3 is 3.09 bits per heavy atom. The minimum absolute atomic E-state index is 0.195. The van der Waals surface area contributed by atoms with E-state index in [4.69, 9.17) is 4.74 Å². The number of hydrogen-bond donors (Lipinski definition) is 2. The van der Waals surface area contributed by atoms with Crippen LogP contribution in [0.2, 0.25) is 0 Å². The van der Waals surface area contributed by atoms with Gasteiger partial charge in [0.2, 0.25) is 0 Å². The highest BCUT2D eigenvalue weighted by molar-refractivity contribution is 4.70. The Labute approximate surface area is 67.7 Å². The number of rotatable bonds is 3. The highest BCUT2D eigenvalue weighted by Gasteiger charge is 2.16. The molecule has 1 aliphatic rings. The van der Waals surface area contributed by atoms with Crippen molar-refractivity contribution < 1.29 is 9.84 Å². The average molecular weight is 159 g/mol. The predicted molar refractivity (Wildman–Crippen MR) is 43.5 cm³/mol. The minimum atomic E-state index is -0.195. The van der Waals surface area contributed by atoms with Gasteiger partial charge in [-0.25, -0.2) is 0 Å². The molecule has 0 bridgehead atoms. The van der Waals surface area contributed by atoms with Crippen molar-refractivity contribution in [2.45, 2.75) is 32.0 Å². The zero-order valence-corrected chi connectivity index (χ0v) is 7.05. The van der Waals surface area contributed by atoms with E-state index < -0.39 is 0 Å². The first kappa shape index (κ1) is 8.97. The van der Waals surface area contributed by atoms with Crippen molar-refractivity contribution in [3.63, 3.8) is 0 Å². The van der Waals surface area contributed by atoms with Crippen molar-refractivity contribution in [3.05, 3.63) is 0 Å². The molecule has 0 aliphatic carbocycles. The van der Waals surface area contributed by atoms with Gasteiger partial charge in [0.1, 0.15) is 0 Å². The average Bonchev–Trinajstić information content (AvgIpc) is 2.06. The summed E-state index contributed by atoms with van der Waals surface area (Å²) in [6.45, 7) is 4.60. The van der Waals surface area contributed by atoms with Crippen LogP contribution in [0.25, 0.3) is 0 Å². The molecule has 3 nitrogen and oxygen atoms in total. The summed E-state index contributed by atoms with van der Waals surface area (Å²) in [5.74, 6) is 0. The van der Waals surface area contributed by atoms with Gasteiger partial charge in [0.15, 0.2) is 0 Å². The normalized spacial score (nSPS) is 28.4. The molecular weight excluding hydrogens is 142 g/mol. The molecule has 1 rings (SSSR count). The first-order valence-electron chi connectivity index (χ1n) is 4.33. The summed E-state index contributed by atoms with van der Waals surface area (Å²) in [7, 11) is 0. The summed E-state index contributed by atoms with van der Waals surface area (Å²) in [4.78, 5) is 0. The summed E-state index contributed by atoms with van der Waals surface area (Å²) >= 11 is 0. The molecule has 0 aromatic heterocycles. The summed E-state index contributed by atoms with van der Waals surface area (Å²) in [5.41, 5.74) is 0. The van der Waals surface area contributed by atoms with Crippen LogP contribution < -0.4 is 5.32 Å². The van der Waals surface area contributed by atoms with E-state index in [0.717, 1.165) is 32.5 Å². The minimum Gasteiger partial charge on any atom is -0.393 e. The number of hydrogen-bond acceptors (Lipinski definition) is 3. The number of nitrogens with one attached hydrogen (secondary N) is 1. The number of aliphatic hydroxyl groups excluding tert-OH is 1. The lowest BCUT2D eigenvalue weighted by Crippen LogP contribution is -2.40. The maximum atomic E-state index is 9.30. The number of aliphatic hydroxyl groups is 1. The van der Waals surface area contributed by atoms with Crippen LogP contribution in [0.1, 0.15) is 19.8 Å². The lowest BCUT2D eigenvalue weighted by molar-refractivity contribution is -0.00511. The molecular formula is C8H17NO2. The molecule has 1 heterocycles. The van der Waals surface area contributed by atoms with Crippen LogP contribution in [-0.4, -0.2) is 37.0 Å². The standard InChI is InChI=1S/C8H17NO2/c1-2-7(10)5-8-6-9-3-4-11-8/h7-10H,2-6H2,1H3.